The Morgan fingerprint density at radius 1 is 1.04 bits per heavy atom. The van der Waals surface area contributed by atoms with Crippen LogP contribution in [0.2, 0.25) is 5.02 Å². The molecule has 1 unspecified atom stereocenters. The summed E-state index contributed by atoms with van der Waals surface area (Å²) in [6, 6.07) is 19.1. The molecule has 3 aromatic rings. The van der Waals surface area contributed by atoms with Gasteiger partial charge in [-0.05, 0) is 30.3 Å². The number of nitro groups is 1. The second kappa shape index (κ2) is 7.53. The number of rotatable bonds is 5. The highest BCUT2D eigenvalue weighted by atomic mass is 35.5. The summed E-state index contributed by atoms with van der Waals surface area (Å²) in [5.74, 6) is -0.383. The van der Waals surface area contributed by atoms with Crippen LogP contribution in [0.15, 0.2) is 76.5 Å². The quantitative estimate of drug-likeness (QED) is 0.330. The predicted octanol–water partition coefficient (Wildman–Crippen LogP) is 5.68. The number of carbonyl (C=O) groups excluding carboxylic acids is 1. The number of carbonyl (C=O) groups is 1. The fourth-order valence-corrected chi connectivity index (χ4v) is 4.07. The average molecular weight is 413 g/mol. The number of benzene rings is 3. The summed E-state index contributed by atoms with van der Waals surface area (Å²) in [5, 5.41) is 14.9. The number of ether oxygens (including phenoxy) is 1. The van der Waals surface area contributed by atoms with E-state index >= 15 is 0 Å². The van der Waals surface area contributed by atoms with E-state index in [1.807, 2.05) is 36.4 Å². The largest absolute Gasteiger partial charge is 0.434 e. The van der Waals surface area contributed by atoms with Gasteiger partial charge in [-0.15, -0.1) is 0 Å². The summed E-state index contributed by atoms with van der Waals surface area (Å²) in [4.78, 5) is 24.2. The summed E-state index contributed by atoms with van der Waals surface area (Å²) in [6.07, 6.45) is -0.620. The lowest BCUT2D eigenvalue weighted by Crippen LogP contribution is -2.10. The van der Waals surface area contributed by atoms with E-state index in [2.05, 4.69) is 5.32 Å². The van der Waals surface area contributed by atoms with Gasteiger partial charge in [0.05, 0.1) is 21.1 Å². The van der Waals surface area contributed by atoms with E-state index in [0.717, 1.165) is 10.5 Å². The standard InChI is InChI=1S/C20H13ClN2O4S/c21-12-9-10-18(16(11-12)23(25)26)28-17-8-4-3-7-15(17)22-19-13-5-1-2-6-14(13)20(24)27-19/h1-11,19,22H. The molecule has 0 aliphatic carbocycles. The van der Waals surface area contributed by atoms with Gasteiger partial charge in [-0.25, -0.2) is 4.79 Å². The lowest BCUT2D eigenvalue weighted by Gasteiger charge is -2.17. The highest BCUT2D eigenvalue weighted by Gasteiger charge is 2.31. The van der Waals surface area contributed by atoms with E-state index < -0.39 is 11.2 Å². The number of nitrogens with one attached hydrogen (secondary N) is 1. The first-order valence-electron chi connectivity index (χ1n) is 8.30. The van der Waals surface area contributed by atoms with Crippen molar-refractivity contribution in [1.29, 1.82) is 0 Å². The molecule has 3 aromatic carbocycles. The Morgan fingerprint density at radius 2 is 1.79 bits per heavy atom. The summed E-state index contributed by atoms with van der Waals surface area (Å²) in [5.41, 5.74) is 1.92. The molecule has 140 valence electrons. The Kier molecular flexibility index (Phi) is 4.93. The molecule has 0 bridgehead atoms. The zero-order chi connectivity index (χ0) is 19.7. The van der Waals surface area contributed by atoms with Crippen LogP contribution in [-0.4, -0.2) is 10.9 Å². The van der Waals surface area contributed by atoms with Crippen molar-refractivity contribution in [2.75, 3.05) is 5.32 Å². The van der Waals surface area contributed by atoms with Gasteiger partial charge in [-0.1, -0.05) is 53.7 Å². The molecule has 8 heteroatoms. The van der Waals surface area contributed by atoms with Gasteiger partial charge in [-0.2, -0.15) is 0 Å². The van der Waals surface area contributed by atoms with Crippen LogP contribution in [0.3, 0.4) is 0 Å². The van der Waals surface area contributed by atoms with Crippen LogP contribution in [0.5, 0.6) is 0 Å². The number of hydrogen-bond acceptors (Lipinski definition) is 6. The van der Waals surface area contributed by atoms with E-state index in [1.54, 1.807) is 24.3 Å². The molecule has 0 spiro atoms. The van der Waals surface area contributed by atoms with E-state index in [4.69, 9.17) is 16.3 Å². The van der Waals surface area contributed by atoms with Crippen molar-refractivity contribution in [2.45, 2.75) is 16.0 Å². The second-order valence-corrected chi connectivity index (χ2v) is 7.50. The first kappa shape index (κ1) is 18.3. The summed E-state index contributed by atoms with van der Waals surface area (Å²) in [6.45, 7) is 0. The van der Waals surface area contributed by atoms with Crippen LogP contribution in [0.25, 0.3) is 0 Å². The lowest BCUT2D eigenvalue weighted by atomic mass is 10.1. The molecule has 0 saturated heterocycles. The van der Waals surface area contributed by atoms with Gasteiger partial charge in [0.2, 0.25) is 6.23 Å². The van der Waals surface area contributed by atoms with Crippen LogP contribution in [0.4, 0.5) is 11.4 Å². The predicted molar refractivity (Wildman–Crippen MR) is 107 cm³/mol. The third-order valence-corrected chi connectivity index (χ3v) is 5.58. The number of cyclic esters (lactones) is 1. The molecule has 1 N–H and O–H groups in total. The van der Waals surface area contributed by atoms with Crippen molar-refractivity contribution >= 4 is 40.7 Å². The van der Waals surface area contributed by atoms with Crippen molar-refractivity contribution < 1.29 is 14.5 Å². The fraction of sp³-hybridized carbons (Fsp3) is 0.0500. The molecule has 0 aromatic heterocycles. The Labute approximate surface area is 169 Å². The molecule has 1 aliphatic rings. The Hall–Kier alpha value is -3.03. The number of nitro benzene ring substituents is 1. The number of anilines is 1. The van der Waals surface area contributed by atoms with Crippen molar-refractivity contribution in [2.24, 2.45) is 0 Å². The zero-order valence-electron chi connectivity index (χ0n) is 14.3. The number of halogens is 1. The molecule has 4 rings (SSSR count). The number of fused-ring (bicyclic) bond motifs is 1. The highest BCUT2D eigenvalue weighted by Crippen LogP contribution is 2.41. The molecule has 0 fully saturated rings. The molecule has 1 aliphatic heterocycles. The normalized spacial score (nSPS) is 15.0. The van der Waals surface area contributed by atoms with Gasteiger partial charge >= 0.3 is 5.97 Å². The van der Waals surface area contributed by atoms with Crippen LogP contribution in [-0.2, 0) is 4.74 Å². The van der Waals surface area contributed by atoms with Gasteiger partial charge in [0.1, 0.15) is 0 Å². The molecular formula is C20H13ClN2O4S. The molecular weight excluding hydrogens is 400 g/mol. The zero-order valence-corrected chi connectivity index (χ0v) is 15.9. The maximum Gasteiger partial charge on any atom is 0.340 e. The molecule has 1 atom stereocenters. The SMILES string of the molecule is O=C1OC(Nc2ccccc2Sc2ccc(Cl)cc2[N+](=O)[O-])c2ccccc21. The average Bonchev–Trinajstić information content (AvgIpc) is 3.00. The molecule has 28 heavy (non-hydrogen) atoms. The molecule has 0 radical (unpaired) electrons. The minimum atomic E-state index is -0.620. The second-order valence-electron chi connectivity index (χ2n) is 5.98. The summed E-state index contributed by atoms with van der Waals surface area (Å²) >= 11 is 7.14. The van der Waals surface area contributed by atoms with Crippen LogP contribution >= 0.6 is 23.4 Å². The minimum Gasteiger partial charge on any atom is -0.434 e. The van der Waals surface area contributed by atoms with E-state index in [9.17, 15) is 14.9 Å². The smallest absolute Gasteiger partial charge is 0.340 e. The first-order chi connectivity index (χ1) is 13.5. The number of hydrogen-bond donors (Lipinski definition) is 1. The monoisotopic (exact) mass is 412 g/mol. The van der Waals surface area contributed by atoms with Crippen molar-refractivity contribution in [3.63, 3.8) is 0 Å². The maximum atomic E-state index is 12.0. The Balaban J connectivity index is 1.64. The van der Waals surface area contributed by atoms with Gasteiger partial charge in [0.25, 0.3) is 5.69 Å². The van der Waals surface area contributed by atoms with E-state index in [-0.39, 0.29) is 11.7 Å². The fourth-order valence-electron chi connectivity index (χ4n) is 2.91. The molecule has 0 amide bonds. The third kappa shape index (κ3) is 3.54. The maximum absolute atomic E-state index is 12.0. The van der Waals surface area contributed by atoms with E-state index in [1.165, 1.54) is 17.8 Å². The molecule has 0 saturated carbocycles. The Morgan fingerprint density at radius 3 is 2.61 bits per heavy atom. The van der Waals surface area contributed by atoms with Gasteiger partial charge in [-0.3, -0.25) is 10.1 Å². The third-order valence-electron chi connectivity index (χ3n) is 4.20. The lowest BCUT2D eigenvalue weighted by molar-refractivity contribution is -0.387. The van der Waals surface area contributed by atoms with Gasteiger partial charge in [0.15, 0.2) is 0 Å². The van der Waals surface area contributed by atoms with Gasteiger partial charge in [0, 0.05) is 21.5 Å². The first-order valence-corrected chi connectivity index (χ1v) is 9.49. The van der Waals surface area contributed by atoms with Crippen LogP contribution < -0.4 is 5.32 Å². The Bertz CT molecular complexity index is 1090. The molecule has 1 heterocycles. The highest BCUT2D eigenvalue weighted by molar-refractivity contribution is 7.99. The number of nitrogens with zero attached hydrogens (tertiary/aromatic N) is 1. The van der Waals surface area contributed by atoms with Gasteiger partial charge < -0.3 is 10.1 Å². The van der Waals surface area contributed by atoms with Crippen molar-refractivity contribution in [1.82, 2.24) is 0 Å². The van der Waals surface area contributed by atoms with Crippen LogP contribution in [0, 0.1) is 10.1 Å². The minimum absolute atomic E-state index is 0.0649. The topological polar surface area (TPSA) is 81.5 Å². The summed E-state index contributed by atoms with van der Waals surface area (Å²) < 4.78 is 5.43. The number of para-hydroxylation sites is 1. The number of esters is 1. The summed E-state index contributed by atoms with van der Waals surface area (Å²) in [7, 11) is 0. The molecule has 6 nitrogen and oxygen atoms in total. The van der Waals surface area contributed by atoms with E-state index in [0.29, 0.717) is 21.2 Å². The van der Waals surface area contributed by atoms with Crippen LogP contribution in [0.1, 0.15) is 22.1 Å². The van der Waals surface area contributed by atoms with Crippen molar-refractivity contribution in [3.05, 3.63) is 93.0 Å². The van der Waals surface area contributed by atoms with Crippen molar-refractivity contribution in [3.8, 4) is 0 Å².